The minimum Gasteiger partial charge on any atom is -0.493 e. The lowest BCUT2D eigenvalue weighted by atomic mass is 10.1. The van der Waals surface area contributed by atoms with Gasteiger partial charge in [-0.3, -0.25) is 20.4 Å². The summed E-state index contributed by atoms with van der Waals surface area (Å²) in [5, 5.41) is 0.620. The molecule has 2 amide bonds. The van der Waals surface area contributed by atoms with Crippen LogP contribution in [-0.4, -0.2) is 18.4 Å². The highest BCUT2D eigenvalue weighted by atomic mass is 35.5. The van der Waals surface area contributed by atoms with E-state index in [4.69, 9.17) is 16.3 Å². The molecule has 0 saturated carbocycles. The van der Waals surface area contributed by atoms with Crippen LogP contribution < -0.4 is 15.6 Å². The topological polar surface area (TPSA) is 67.4 Å². The predicted octanol–water partition coefficient (Wildman–Crippen LogP) is 3.13. The van der Waals surface area contributed by atoms with Crippen LogP contribution in [0.2, 0.25) is 5.02 Å². The molecule has 0 atom stereocenters. The Morgan fingerprint density at radius 3 is 2.29 bits per heavy atom. The molecule has 0 heterocycles. The molecule has 2 aromatic rings. The van der Waals surface area contributed by atoms with Crippen LogP contribution in [-0.2, 0) is 11.2 Å². The predicted molar refractivity (Wildman–Crippen MR) is 93.0 cm³/mol. The second-order valence-corrected chi connectivity index (χ2v) is 5.54. The molecule has 0 aromatic heterocycles. The number of hydrogen-bond acceptors (Lipinski definition) is 3. The molecular weight excluding hydrogens is 328 g/mol. The van der Waals surface area contributed by atoms with E-state index in [1.807, 2.05) is 19.1 Å². The summed E-state index contributed by atoms with van der Waals surface area (Å²) in [5.41, 5.74) is 6.38. The quantitative estimate of drug-likeness (QED) is 0.790. The molecule has 2 aromatic carbocycles. The summed E-state index contributed by atoms with van der Waals surface area (Å²) in [4.78, 5) is 23.6. The molecule has 0 saturated heterocycles. The van der Waals surface area contributed by atoms with Gasteiger partial charge >= 0.3 is 0 Å². The van der Waals surface area contributed by atoms with Gasteiger partial charge in [0.2, 0.25) is 5.91 Å². The summed E-state index contributed by atoms with van der Waals surface area (Å²) >= 11 is 5.77. The number of hydrogen-bond donors (Lipinski definition) is 2. The van der Waals surface area contributed by atoms with Gasteiger partial charge in [-0.1, -0.05) is 30.7 Å². The Bertz CT molecular complexity index is 684. The van der Waals surface area contributed by atoms with Gasteiger partial charge in [-0.15, -0.1) is 0 Å². The number of nitrogens with one attached hydrogen (secondary N) is 2. The van der Waals surface area contributed by atoms with Crippen molar-refractivity contribution in [3.05, 3.63) is 64.7 Å². The summed E-state index contributed by atoms with van der Waals surface area (Å²) in [6.45, 7) is 2.25. The normalized spacial score (nSPS) is 10.1. The molecule has 0 radical (unpaired) electrons. The Balaban J connectivity index is 1.70. The number of benzene rings is 2. The van der Waals surface area contributed by atoms with Gasteiger partial charge in [0.25, 0.3) is 5.91 Å². The van der Waals surface area contributed by atoms with Crippen molar-refractivity contribution in [2.45, 2.75) is 19.8 Å². The highest BCUT2D eigenvalue weighted by molar-refractivity contribution is 6.30. The Morgan fingerprint density at radius 1 is 1.00 bits per heavy atom. The van der Waals surface area contributed by atoms with Gasteiger partial charge in [0.1, 0.15) is 5.75 Å². The molecule has 126 valence electrons. The smallest absolute Gasteiger partial charge is 0.269 e. The SMILES string of the molecule is CCc1ccc(C(=O)NNC(=O)CCOc2ccc(Cl)cc2)cc1. The third-order valence-corrected chi connectivity index (χ3v) is 3.60. The van der Waals surface area contributed by atoms with Gasteiger partial charge in [0, 0.05) is 10.6 Å². The van der Waals surface area contributed by atoms with E-state index in [1.54, 1.807) is 36.4 Å². The van der Waals surface area contributed by atoms with Crippen molar-refractivity contribution in [2.24, 2.45) is 0 Å². The monoisotopic (exact) mass is 346 g/mol. The van der Waals surface area contributed by atoms with Crippen molar-refractivity contribution in [3.63, 3.8) is 0 Å². The second-order valence-electron chi connectivity index (χ2n) is 5.11. The Hall–Kier alpha value is -2.53. The first-order valence-corrected chi connectivity index (χ1v) is 8.02. The fourth-order valence-electron chi connectivity index (χ4n) is 1.95. The lowest BCUT2D eigenvalue weighted by Gasteiger charge is -2.09. The van der Waals surface area contributed by atoms with Crippen molar-refractivity contribution < 1.29 is 14.3 Å². The fourth-order valence-corrected chi connectivity index (χ4v) is 2.07. The maximum Gasteiger partial charge on any atom is 0.269 e. The first kappa shape index (κ1) is 17.8. The first-order chi connectivity index (χ1) is 11.6. The molecule has 6 heteroatoms. The van der Waals surface area contributed by atoms with Crippen LogP contribution in [0.25, 0.3) is 0 Å². The Labute approximate surface area is 145 Å². The van der Waals surface area contributed by atoms with E-state index in [9.17, 15) is 9.59 Å². The minimum absolute atomic E-state index is 0.123. The van der Waals surface area contributed by atoms with E-state index >= 15 is 0 Å². The van der Waals surface area contributed by atoms with Crippen molar-refractivity contribution in [1.82, 2.24) is 10.9 Å². The number of aryl methyl sites for hydroxylation is 1. The van der Waals surface area contributed by atoms with Crippen LogP contribution in [0.1, 0.15) is 29.3 Å². The molecule has 2 rings (SSSR count). The number of halogens is 1. The number of hydrazine groups is 1. The zero-order valence-electron chi connectivity index (χ0n) is 13.3. The Morgan fingerprint density at radius 2 is 1.67 bits per heavy atom. The van der Waals surface area contributed by atoms with Crippen molar-refractivity contribution in [3.8, 4) is 5.75 Å². The standard InChI is InChI=1S/C18H19ClN2O3/c1-2-13-3-5-14(6-4-13)18(23)21-20-17(22)11-12-24-16-9-7-15(19)8-10-16/h3-10H,2,11-12H2,1H3,(H,20,22)(H,21,23). The van der Waals surface area contributed by atoms with Gasteiger partial charge in [0.15, 0.2) is 0 Å². The average molecular weight is 347 g/mol. The number of carbonyl (C=O) groups is 2. The first-order valence-electron chi connectivity index (χ1n) is 7.65. The number of amides is 2. The molecular formula is C18H19ClN2O3. The maximum absolute atomic E-state index is 11.9. The largest absolute Gasteiger partial charge is 0.493 e. The van der Waals surface area contributed by atoms with Crippen LogP contribution in [0.3, 0.4) is 0 Å². The zero-order chi connectivity index (χ0) is 17.4. The van der Waals surface area contributed by atoms with Crippen molar-refractivity contribution in [1.29, 1.82) is 0 Å². The van der Waals surface area contributed by atoms with Crippen LogP contribution in [0.15, 0.2) is 48.5 Å². The maximum atomic E-state index is 11.9. The van der Waals surface area contributed by atoms with Crippen LogP contribution in [0.5, 0.6) is 5.75 Å². The van der Waals surface area contributed by atoms with Gasteiger partial charge in [-0.2, -0.15) is 0 Å². The van der Waals surface area contributed by atoms with Crippen LogP contribution in [0, 0.1) is 0 Å². The lowest BCUT2D eigenvalue weighted by molar-refractivity contribution is -0.122. The molecule has 0 bridgehead atoms. The van der Waals surface area contributed by atoms with E-state index in [0.717, 1.165) is 12.0 Å². The fraction of sp³-hybridized carbons (Fsp3) is 0.222. The minimum atomic E-state index is -0.357. The molecule has 5 nitrogen and oxygen atoms in total. The third-order valence-electron chi connectivity index (χ3n) is 3.35. The van der Waals surface area contributed by atoms with Gasteiger partial charge in [-0.05, 0) is 48.4 Å². The van der Waals surface area contributed by atoms with Gasteiger partial charge in [0.05, 0.1) is 13.0 Å². The highest BCUT2D eigenvalue weighted by Gasteiger charge is 2.07. The molecule has 2 N–H and O–H groups in total. The van der Waals surface area contributed by atoms with E-state index in [-0.39, 0.29) is 24.8 Å². The molecule has 0 fully saturated rings. The van der Waals surface area contributed by atoms with E-state index < -0.39 is 0 Å². The highest BCUT2D eigenvalue weighted by Crippen LogP contribution is 2.15. The lowest BCUT2D eigenvalue weighted by Crippen LogP contribution is -2.42. The summed E-state index contributed by atoms with van der Waals surface area (Å²) < 4.78 is 5.42. The number of ether oxygens (including phenoxy) is 1. The molecule has 0 aliphatic heterocycles. The van der Waals surface area contributed by atoms with Gasteiger partial charge in [-0.25, -0.2) is 0 Å². The summed E-state index contributed by atoms with van der Waals surface area (Å²) in [5.74, 6) is -0.0561. The third kappa shape index (κ3) is 5.59. The van der Waals surface area contributed by atoms with Gasteiger partial charge < -0.3 is 4.74 Å². The summed E-state index contributed by atoms with van der Waals surface area (Å²) in [7, 11) is 0. The summed E-state index contributed by atoms with van der Waals surface area (Å²) in [6, 6.07) is 14.1. The van der Waals surface area contributed by atoms with Crippen LogP contribution in [0.4, 0.5) is 0 Å². The second kappa shape index (κ2) is 8.93. The van der Waals surface area contributed by atoms with Crippen molar-refractivity contribution in [2.75, 3.05) is 6.61 Å². The Kier molecular flexibility index (Phi) is 6.63. The van der Waals surface area contributed by atoms with E-state index in [2.05, 4.69) is 10.9 Å². The molecule has 0 aliphatic rings. The molecule has 0 unspecified atom stereocenters. The number of carbonyl (C=O) groups excluding carboxylic acids is 2. The van der Waals surface area contributed by atoms with Crippen molar-refractivity contribution >= 4 is 23.4 Å². The number of rotatable bonds is 6. The molecule has 24 heavy (non-hydrogen) atoms. The molecule has 0 aliphatic carbocycles. The van der Waals surface area contributed by atoms with Crippen LogP contribution >= 0.6 is 11.6 Å². The molecule has 0 spiro atoms. The zero-order valence-corrected chi connectivity index (χ0v) is 14.1. The summed E-state index contributed by atoms with van der Waals surface area (Å²) in [6.07, 6.45) is 1.03. The average Bonchev–Trinajstić information content (AvgIpc) is 2.61. The van der Waals surface area contributed by atoms with E-state index in [0.29, 0.717) is 16.3 Å². The van der Waals surface area contributed by atoms with E-state index in [1.165, 1.54) is 0 Å².